The summed E-state index contributed by atoms with van der Waals surface area (Å²) < 4.78 is 20.7. The van der Waals surface area contributed by atoms with Crippen LogP contribution in [0.1, 0.15) is 34.0 Å². The molecule has 10 heteroatoms. The Balaban J connectivity index is 1.48. The summed E-state index contributed by atoms with van der Waals surface area (Å²) in [5.74, 6) is -1.46. The average Bonchev–Trinajstić information content (AvgIpc) is 3.51. The topological polar surface area (TPSA) is 127 Å². The third-order valence-electron chi connectivity index (χ3n) is 6.86. The van der Waals surface area contributed by atoms with E-state index in [2.05, 4.69) is 9.97 Å². The van der Waals surface area contributed by atoms with Gasteiger partial charge in [0.25, 0.3) is 11.5 Å². The van der Waals surface area contributed by atoms with Crippen LogP contribution < -0.4 is 17.0 Å². The summed E-state index contributed by atoms with van der Waals surface area (Å²) in [6.07, 6.45) is 3.75. The molecule has 180 valence electrons. The normalized spacial score (nSPS) is 14.9. The van der Waals surface area contributed by atoms with Crippen molar-refractivity contribution >= 4 is 22.8 Å². The summed E-state index contributed by atoms with van der Waals surface area (Å²) in [6, 6.07) is 14.0. The first kappa shape index (κ1) is 21.8. The number of rotatable bonds is 4. The van der Waals surface area contributed by atoms with Crippen LogP contribution in [-0.2, 0) is 13.6 Å². The van der Waals surface area contributed by atoms with E-state index in [9.17, 15) is 9.59 Å². The molecule has 1 unspecified atom stereocenters. The molecule has 36 heavy (non-hydrogen) atoms. The molecule has 0 aliphatic carbocycles. The number of nitrogen functional groups attached to an aromatic ring is 1. The molecule has 0 radical (unpaired) electrons. The number of carbonyl (C=O) groups excluding carboxylic acids is 1. The van der Waals surface area contributed by atoms with Gasteiger partial charge in [-0.3, -0.25) is 14.3 Å². The summed E-state index contributed by atoms with van der Waals surface area (Å²) in [6.45, 7) is 0.440. The largest absolute Gasteiger partial charge is 0.383 e. The number of carbonyl (C=O) groups is 1. The highest BCUT2D eigenvalue weighted by Crippen LogP contribution is 2.39. The van der Waals surface area contributed by atoms with Crippen LogP contribution in [-0.4, -0.2) is 29.8 Å². The Bertz CT molecular complexity index is 1730. The number of nitrogens with two attached hydrogens (primary N) is 2. The third-order valence-corrected chi connectivity index (χ3v) is 6.86. The minimum absolute atomic E-state index is 0.108. The zero-order valence-corrected chi connectivity index (χ0v) is 19.4. The molecule has 0 spiro atoms. The Morgan fingerprint density at radius 3 is 2.64 bits per heavy atom. The number of halogens is 1. The van der Waals surface area contributed by atoms with E-state index in [-0.39, 0.29) is 5.56 Å². The lowest BCUT2D eigenvalue weighted by Crippen LogP contribution is -2.26. The standard InChI is InChI=1S/C26H22FN7O2/c1-32-12-18(20-23(28)30-13-31-25(20)32)14-7-8-16(19(27)11-14)17-9-10-33-22(17)21(24(29)35)26(36)34(33)15-5-3-2-4-6-15/h2-8,11-13,17H,9-10H2,1H3,(H2,29,35)(H2,28,30,31). The lowest BCUT2D eigenvalue weighted by Gasteiger charge is -2.13. The minimum Gasteiger partial charge on any atom is -0.383 e. The third kappa shape index (κ3) is 3.07. The van der Waals surface area contributed by atoms with Crippen molar-refractivity contribution in [3.8, 4) is 16.8 Å². The fraction of sp³-hybridized carbons (Fsp3) is 0.154. The highest BCUT2D eigenvalue weighted by molar-refractivity contribution is 6.00. The molecular weight excluding hydrogens is 461 g/mol. The zero-order valence-electron chi connectivity index (χ0n) is 19.4. The summed E-state index contributed by atoms with van der Waals surface area (Å²) >= 11 is 0. The summed E-state index contributed by atoms with van der Waals surface area (Å²) in [4.78, 5) is 33.9. The van der Waals surface area contributed by atoms with Crippen molar-refractivity contribution in [3.63, 3.8) is 0 Å². The highest BCUT2D eigenvalue weighted by atomic mass is 19.1. The number of nitrogens with zero attached hydrogens (tertiary/aromatic N) is 5. The van der Waals surface area contributed by atoms with Crippen LogP contribution in [0.5, 0.6) is 0 Å². The fourth-order valence-corrected chi connectivity index (χ4v) is 5.32. The first-order valence-corrected chi connectivity index (χ1v) is 11.4. The Morgan fingerprint density at radius 2 is 1.92 bits per heavy atom. The molecule has 1 aliphatic heterocycles. The molecule has 0 saturated heterocycles. The molecule has 2 aromatic carbocycles. The SMILES string of the molecule is Cn1cc(-c2ccc(C3CCn4c3c(C(N)=O)c(=O)n4-c3ccccc3)c(F)c2)c2c(N)ncnc21. The maximum absolute atomic E-state index is 15.7. The van der Waals surface area contributed by atoms with Crippen LogP contribution in [0.4, 0.5) is 10.2 Å². The molecule has 0 bridgehead atoms. The number of hydrogen-bond donors (Lipinski definition) is 2. The van der Waals surface area contributed by atoms with Gasteiger partial charge in [-0.15, -0.1) is 0 Å². The molecule has 3 aromatic heterocycles. The second kappa shape index (κ2) is 7.91. The van der Waals surface area contributed by atoms with Gasteiger partial charge in [0.05, 0.1) is 16.8 Å². The van der Waals surface area contributed by atoms with Gasteiger partial charge in [-0.25, -0.2) is 19.0 Å². The first-order chi connectivity index (χ1) is 17.4. The lowest BCUT2D eigenvalue weighted by atomic mass is 9.90. The van der Waals surface area contributed by atoms with Crippen LogP contribution in [0.2, 0.25) is 0 Å². The van der Waals surface area contributed by atoms with Gasteiger partial charge in [-0.1, -0.05) is 30.3 Å². The van der Waals surface area contributed by atoms with Gasteiger partial charge in [0.15, 0.2) is 0 Å². The van der Waals surface area contributed by atoms with Crippen molar-refractivity contribution < 1.29 is 9.18 Å². The van der Waals surface area contributed by atoms with Crippen molar-refractivity contribution in [1.82, 2.24) is 23.9 Å². The van der Waals surface area contributed by atoms with Gasteiger partial charge in [0.1, 0.15) is 29.2 Å². The molecule has 0 saturated carbocycles. The van der Waals surface area contributed by atoms with Crippen LogP contribution in [0.25, 0.3) is 27.8 Å². The first-order valence-electron chi connectivity index (χ1n) is 11.4. The van der Waals surface area contributed by atoms with Crippen LogP contribution in [0, 0.1) is 5.82 Å². The smallest absolute Gasteiger partial charge is 0.284 e. The van der Waals surface area contributed by atoms with E-state index >= 15 is 4.39 Å². The number of fused-ring (bicyclic) bond motifs is 2. The Hall–Kier alpha value is -4.73. The molecule has 0 fully saturated rings. The number of aryl methyl sites for hydroxylation is 1. The fourth-order valence-electron chi connectivity index (χ4n) is 5.32. The van der Waals surface area contributed by atoms with Crippen molar-refractivity contribution in [2.24, 2.45) is 12.8 Å². The maximum Gasteiger partial charge on any atom is 0.284 e. The molecule has 1 atom stereocenters. The molecule has 6 rings (SSSR count). The number of benzene rings is 2. The van der Waals surface area contributed by atoms with E-state index in [0.29, 0.717) is 57.9 Å². The van der Waals surface area contributed by atoms with Gasteiger partial charge < -0.3 is 16.0 Å². The molecule has 9 nitrogen and oxygen atoms in total. The van der Waals surface area contributed by atoms with Crippen LogP contribution in [0.3, 0.4) is 0 Å². The van der Waals surface area contributed by atoms with Crippen LogP contribution >= 0.6 is 0 Å². The Labute approximate surface area is 204 Å². The predicted molar refractivity (Wildman–Crippen MR) is 133 cm³/mol. The summed E-state index contributed by atoms with van der Waals surface area (Å²) in [7, 11) is 1.84. The average molecular weight is 484 g/mol. The molecule has 5 aromatic rings. The number of primary amides is 1. The van der Waals surface area contributed by atoms with E-state index in [1.807, 2.05) is 36.0 Å². The van der Waals surface area contributed by atoms with Gasteiger partial charge in [0.2, 0.25) is 0 Å². The summed E-state index contributed by atoms with van der Waals surface area (Å²) in [5, 5.41) is 0.651. The summed E-state index contributed by atoms with van der Waals surface area (Å²) in [5.41, 5.74) is 14.6. The van der Waals surface area contributed by atoms with E-state index in [1.54, 1.807) is 28.9 Å². The molecule has 4 heterocycles. The lowest BCUT2D eigenvalue weighted by molar-refractivity contribution is 0.0998. The van der Waals surface area contributed by atoms with E-state index in [1.165, 1.54) is 17.1 Å². The second-order valence-corrected chi connectivity index (χ2v) is 8.89. The molecule has 1 aliphatic rings. The molecular formula is C26H22FN7O2. The Morgan fingerprint density at radius 1 is 1.14 bits per heavy atom. The molecule has 4 N–H and O–H groups in total. The van der Waals surface area contributed by atoms with Crippen LogP contribution in [0.15, 0.2) is 65.8 Å². The van der Waals surface area contributed by atoms with Gasteiger partial charge >= 0.3 is 0 Å². The van der Waals surface area contributed by atoms with Gasteiger partial charge in [-0.2, -0.15) is 0 Å². The minimum atomic E-state index is -0.825. The van der Waals surface area contributed by atoms with E-state index in [4.69, 9.17) is 11.5 Å². The Kier molecular flexibility index (Phi) is 4.78. The van der Waals surface area contributed by atoms with Gasteiger partial charge in [-0.05, 0) is 35.7 Å². The molecule has 1 amide bonds. The van der Waals surface area contributed by atoms with Gasteiger partial charge in [0, 0.05) is 31.3 Å². The number of aromatic nitrogens is 5. The maximum atomic E-state index is 15.7. The van der Waals surface area contributed by atoms with Crippen molar-refractivity contribution in [1.29, 1.82) is 0 Å². The number of hydrogen-bond acceptors (Lipinski definition) is 5. The van der Waals surface area contributed by atoms with E-state index < -0.39 is 23.2 Å². The zero-order chi connectivity index (χ0) is 25.1. The predicted octanol–water partition coefficient (Wildman–Crippen LogP) is 2.94. The van der Waals surface area contributed by atoms with E-state index in [0.717, 1.165) is 0 Å². The second-order valence-electron chi connectivity index (χ2n) is 8.89. The highest BCUT2D eigenvalue weighted by Gasteiger charge is 2.36. The van der Waals surface area contributed by atoms with Crippen molar-refractivity contribution in [3.05, 3.63) is 94.0 Å². The quantitative estimate of drug-likeness (QED) is 0.406. The number of anilines is 1. The van der Waals surface area contributed by atoms with Crippen molar-refractivity contribution in [2.75, 3.05) is 5.73 Å². The van der Waals surface area contributed by atoms with Crippen molar-refractivity contribution in [2.45, 2.75) is 18.9 Å². The number of amides is 1. The monoisotopic (exact) mass is 483 g/mol. The number of para-hydroxylation sites is 1.